The normalized spacial score (nSPS) is 15.5. The number of hydrogen-bond acceptors (Lipinski definition) is 4. The number of carbonyl (C=O) groups excluding carboxylic acids is 1. The molecule has 1 fully saturated rings. The van der Waals surface area contributed by atoms with Crippen molar-refractivity contribution in [3.8, 4) is 0 Å². The number of pyridine rings is 1. The number of aromatic carboxylic acids is 1. The van der Waals surface area contributed by atoms with E-state index in [0.29, 0.717) is 24.3 Å². The lowest BCUT2D eigenvalue weighted by Crippen LogP contribution is -2.39. The van der Waals surface area contributed by atoms with Gasteiger partial charge in [0.1, 0.15) is 5.56 Å². The summed E-state index contributed by atoms with van der Waals surface area (Å²) in [6, 6.07) is 1.88. The molecule has 1 amide bonds. The van der Waals surface area contributed by atoms with Crippen molar-refractivity contribution in [1.82, 2.24) is 19.7 Å². The van der Waals surface area contributed by atoms with E-state index in [4.69, 9.17) is 5.11 Å². The number of amides is 1. The van der Waals surface area contributed by atoms with Gasteiger partial charge in [0.05, 0.1) is 23.5 Å². The molecular formula is C16H17BrN4O3. The summed E-state index contributed by atoms with van der Waals surface area (Å²) in [6.45, 7) is 2.98. The second kappa shape index (κ2) is 6.72. The first kappa shape index (κ1) is 16.6. The van der Waals surface area contributed by atoms with Crippen LogP contribution in [-0.2, 0) is 0 Å². The summed E-state index contributed by atoms with van der Waals surface area (Å²) in [5.41, 5.74) is 1.45. The molecule has 2 aromatic rings. The molecule has 1 saturated heterocycles. The lowest BCUT2D eigenvalue weighted by molar-refractivity contribution is 0.0687. The maximum Gasteiger partial charge on any atom is 0.339 e. The first-order valence-electron chi connectivity index (χ1n) is 7.64. The van der Waals surface area contributed by atoms with Crippen LogP contribution in [-0.4, -0.2) is 49.7 Å². The van der Waals surface area contributed by atoms with Crippen molar-refractivity contribution in [2.75, 3.05) is 13.1 Å². The molecule has 1 aliphatic heterocycles. The van der Waals surface area contributed by atoms with E-state index in [1.54, 1.807) is 35.0 Å². The SMILES string of the molecule is Cc1c(C(=O)O)cnn1C1CCN(C(=O)c2cncc(Br)c2)CC1. The fourth-order valence-electron chi connectivity index (χ4n) is 3.03. The number of rotatable bonds is 3. The van der Waals surface area contributed by atoms with Crippen molar-refractivity contribution in [1.29, 1.82) is 0 Å². The second-order valence-electron chi connectivity index (χ2n) is 5.81. The fraction of sp³-hybridized carbons (Fsp3) is 0.375. The van der Waals surface area contributed by atoms with E-state index in [1.165, 1.54) is 6.20 Å². The van der Waals surface area contributed by atoms with Gasteiger partial charge in [0.15, 0.2) is 0 Å². The van der Waals surface area contributed by atoms with Crippen LogP contribution in [0.4, 0.5) is 0 Å². The Morgan fingerprint density at radius 2 is 1.96 bits per heavy atom. The van der Waals surface area contributed by atoms with Crippen molar-refractivity contribution in [3.05, 3.63) is 46.0 Å². The highest BCUT2D eigenvalue weighted by atomic mass is 79.9. The number of likely N-dealkylation sites (tertiary alicyclic amines) is 1. The molecule has 0 spiro atoms. The van der Waals surface area contributed by atoms with Crippen LogP contribution in [0.2, 0.25) is 0 Å². The van der Waals surface area contributed by atoms with Gasteiger partial charge in [-0.15, -0.1) is 0 Å². The molecule has 0 unspecified atom stereocenters. The van der Waals surface area contributed by atoms with Crippen LogP contribution in [0.25, 0.3) is 0 Å². The minimum absolute atomic E-state index is 0.0364. The molecule has 7 nitrogen and oxygen atoms in total. The van der Waals surface area contributed by atoms with E-state index >= 15 is 0 Å². The van der Waals surface area contributed by atoms with Crippen molar-refractivity contribution >= 4 is 27.8 Å². The number of aromatic nitrogens is 3. The van der Waals surface area contributed by atoms with Crippen LogP contribution in [0.15, 0.2) is 29.1 Å². The predicted molar refractivity (Wildman–Crippen MR) is 90.0 cm³/mol. The summed E-state index contributed by atoms with van der Waals surface area (Å²) in [5, 5.41) is 13.3. The monoisotopic (exact) mass is 392 g/mol. The maximum absolute atomic E-state index is 12.5. The minimum atomic E-state index is -0.964. The third-order valence-electron chi connectivity index (χ3n) is 4.32. The van der Waals surface area contributed by atoms with Crippen LogP contribution < -0.4 is 0 Å². The lowest BCUT2D eigenvalue weighted by atomic mass is 10.0. The molecule has 1 aliphatic rings. The highest BCUT2D eigenvalue weighted by Gasteiger charge is 2.27. The highest BCUT2D eigenvalue weighted by Crippen LogP contribution is 2.25. The molecule has 1 N–H and O–H groups in total. The zero-order valence-corrected chi connectivity index (χ0v) is 14.7. The first-order valence-corrected chi connectivity index (χ1v) is 8.44. The molecule has 3 heterocycles. The van der Waals surface area contributed by atoms with Gasteiger partial charge in [-0.05, 0) is 41.8 Å². The Bertz CT molecular complexity index is 781. The summed E-state index contributed by atoms with van der Waals surface area (Å²) < 4.78 is 2.54. The van der Waals surface area contributed by atoms with E-state index < -0.39 is 5.97 Å². The summed E-state index contributed by atoms with van der Waals surface area (Å²) in [6.07, 6.45) is 6.09. The Morgan fingerprint density at radius 1 is 1.25 bits per heavy atom. The Labute approximate surface area is 147 Å². The summed E-state index contributed by atoms with van der Waals surface area (Å²) in [4.78, 5) is 29.5. The van der Waals surface area contributed by atoms with E-state index in [-0.39, 0.29) is 17.5 Å². The van der Waals surface area contributed by atoms with Gasteiger partial charge < -0.3 is 10.0 Å². The zero-order valence-electron chi connectivity index (χ0n) is 13.1. The van der Waals surface area contributed by atoms with Crippen molar-refractivity contribution < 1.29 is 14.7 Å². The van der Waals surface area contributed by atoms with E-state index in [9.17, 15) is 9.59 Å². The van der Waals surface area contributed by atoms with E-state index in [2.05, 4.69) is 26.0 Å². The average Bonchev–Trinajstić information content (AvgIpc) is 2.96. The largest absolute Gasteiger partial charge is 0.478 e. The quantitative estimate of drug-likeness (QED) is 0.866. The predicted octanol–water partition coefficient (Wildman–Crippen LogP) is 2.52. The van der Waals surface area contributed by atoms with Crippen LogP contribution in [0, 0.1) is 6.92 Å². The number of carbonyl (C=O) groups is 2. The Hall–Kier alpha value is -2.22. The third-order valence-corrected chi connectivity index (χ3v) is 4.76. The Morgan fingerprint density at radius 3 is 2.54 bits per heavy atom. The summed E-state index contributed by atoms with van der Waals surface area (Å²) >= 11 is 3.32. The van der Waals surface area contributed by atoms with E-state index in [1.807, 2.05) is 0 Å². The molecular weight excluding hydrogens is 376 g/mol. The van der Waals surface area contributed by atoms with Gasteiger partial charge in [-0.2, -0.15) is 5.10 Å². The molecule has 0 aliphatic carbocycles. The number of carboxylic acids is 1. The van der Waals surface area contributed by atoms with Gasteiger partial charge in [0, 0.05) is 30.0 Å². The average molecular weight is 393 g/mol. The van der Waals surface area contributed by atoms with Gasteiger partial charge in [-0.3, -0.25) is 14.5 Å². The van der Waals surface area contributed by atoms with Gasteiger partial charge in [-0.1, -0.05) is 0 Å². The molecule has 24 heavy (non-hydrogen) atoms. The second-order valence-corrected chi connectivity index (χ2v) is 6.72. The molecule has 0 radical (unpaired) electrons. The van der Waals surface area contributed by atoms with Crippen molar-refractivity contribution in [3.63, 3.8) is 0 Å². The molecule has 2 aromatic heterocycles. The van der Waals surface area contributed by atoms with Crippen LogP contribution in [0.5, 0.6) is 0 Å². The molecule has 0 saturated carbocycles. The Balaban J connectivity index is 1.68. The maximum atomic E-state index is 12.5. The summed E-state index contributed by atoms with van der Waals surface area (Å²) in [7, 11) is 0. The number of carboxylic acid groups (broad SMARTS) is 1. The summed E-state index contributed by atoms with van der Waals surface area (Å²) in [5.74, 6) is -1.00. The molecule has 3 rings (SSSR count). The zero-order chi connectivity index (χ0) is 17.3. The first-order chi connectivity index (χ1) is 11.5. The van der Waals surface area contributed by atoms with Crippen LogP contribution in [0.3, 0.4) is 0 Å². The number of hydrogen-bond donors (Lipinski definition) is 1. The molecule has 0 atom stereocenters. The molecule has 0 aromatic carbocycles. The fourth-order valence-corrected chi connectivity index (χ4v) is 3.39. The van der Waals surface area contributed by atoms with Crippen molar-refractivity contribution in [2.24, 2.45) is 0 Å². The van der Waals surface area contributed by atoms with Crippen LogP contribution >= 0.6 is 15.9 Å². The lowest BCUT2D eigenvalue weighted by Gasteiger charge is -2.32. The van der Waals surface area contributed by atoms with Crippen LogP contribution in [0.1, 0.15) is 45.3 Å². The van der Waals surface area contributed by atoms with Gasteiger partial charge in [0.25, 0.3) is 5.91 Å². The van der Waals surface area contributed by atoms with Gasteiger partial charge in [-0.25, -0.2) is 4.79 Å². The van der Waals surface area contributed by atoms with Gasteiger partial charge in [0.2, 0.25) is 0 Å². The van der Waals surface area contributed by atoms with Gasteiger partial charge >= 0.3 is 5.97 Å². The minimum Gasteiger partial charge on any atom is -0.478 e. The molecule has 0 bridgehead atoms. The Kier molecular flexibility index (Phi) is 4.66. The third kappa shape index (κ3) is 3.19. The molecule has 126 valence electrons. The number of piperidine rings is 1. The standard InChI is InChI=1S/C16H17BrN4O3/c1-10-14(16(23)24)9-19-21(10)13-2-4-20(5-3-13)15(22)11-6-12(17)8-18-7-11/h6-9,13H,2-5H2,1H3,(H,23,24). The number of nitrogens with zero attached hydrogens (tertiary/aromatic N) is 4. The molecule has 8 heteroatoms. The van der Waals surface area contributed by atoms with Crippen molar-refractivity contribution in [2.45, 2.75) is 25.8 Å². The smallest absolute Gasteiger partial charge is 0.339 e. The highest BCUT2D eigenvalue weighted by molar-refractivity contribution is 9.10. The van der Waals surface area contributed by atoms with E-state index in [0.717, 1.165) is 17.3 Å². The topological polar surface area (TPSA) is 88.3 Å². The number of halogens is 1.